The lowest BCUT2D eigenvalue weighted by Gasteiger charge is -2.59. The van der Waals surface area contributed by atoms with Crippen LogP contribution in [0.1, 0.15) is 98.8 Å². The highest BCUT2D eigenvalue weighted by atomic mass is 16.1. The van der Waals surface area contributed by atoms with Crippen molar-refractivity contribution < 1.29 is 4.79 Å². The Kier molecular flexibility index (Phi) is 5.67. The second-order valence-corrected chi connectivity index (χ2v) is 12.2. The smallest absolute Gasteiger partial charge is 0.156 e. The van der Waals surface area contributed by atoms with Crippen LogP contribution >= 0.6 is 0 Å². The summed E-state index contributed by atoms with van der Waals surface area (Å²) in [4.78, 5) is 12.1. The maximum atomic E-state index is 12.1. The Morgan fingerprint density at radius 2 is 1.83 bits per heavy atom. The lowest BCUT2D eigenvalue weighted by Crippen LogP contribution is -2.51. The van der Waals surface area contributed by atoms with Crippen molar-refractivity contribution in [3.63, 3.8) is 0 Å². The van der Waals surface area contributed by atoms with Gasteiger partial charge in [0.15, 0.2) is 5.78 Å². The highest BCUT2D eigenvalue weighted by Gasteiger charge is 2.59. The van der Waals surface area contributed by atoms with Crippen LogP contribution in [-0.2, 0) is 4.79 Å². The van der Waals surface area contributed by atoms with Gasteiger partial charge in [0, 0.05) is 6.42 Å². The third-order valence-corrected chi connectivity index (χ3v) is 10.1. The summed E-state index contributed by atoms with van der Waals surface area (Å²) < 4.78 is 0. The first-order valence-corrected chi connectivity index (χ1v) is 12.6. The van der Waals surface area contributed by atoms with Crippen molar-refractivity contribution in [3.8, 4) is 0 Å². The van der Waals surface area contributed by atoms with E-state index in [1.807, 2.05) is 6.08 Å². The van der Waals surface area contributed by atoms with Crippen LogP contribution in [-0.4, -0.2) is 5.78 Å². The average molecular weight is 397 g/mol. The molecule has 0 unspecified atom stereocenters. The molecule has 0 aliphatic heterocycles. The molecule has 0 aromatic rings. The van der Waals surface area contributed by atoms with Gasteiger partial charge in [0.25, 0.3) is 0 Å². The summed E-state index contributed by atoms with van der Waals surface area (Å²) in [5.74, 6) is 5.37. The lowest BCUT2D eigenvalue weighted by atomic mass is 9.45. The first-order valence-electron chi connectivity index (χ1n) is 12.6. The number of carbonyl (C=O) groups is 1. The van der Waals surface area contributed by atoms with Gasteiger partial charge in [-0.3, -0.25) is 4.79 Å². The molecule has 0 N–H and O–H groups in total. The fourth-order valence-electron chi connectivity index (χ4n) is 8.59. The van der Waals surface area contributed by atoms with Crippen LogP contribution in [0.15, 0.2) is 23.8 Å². The number of hydrogen-bond acceptors (Lipinski definition) is 1. The second kappa shape index (κ2) is 7.69. The second-order valence-electron chi connectivity index (χ2n) is 12.2. The molecule has 0 aromatic carbocycles. The Hall–Kier alpha value is -0.850. The molecule has 0 saturated heterocycles. The Morgan fingerprint density at radius 3 is 2.55 bits per heavy atom. The summed E-state index contributed by atoms with van der Waals surface area (Å²) in [5.41, 5.74) is 3.35. The summed E-state index contributed by atoms with van der Waals surface area (Å²) in [7, 11) is 0. The van der Waals surface area contributed by atoms with Gasteiger partial charge in [0.1, 0.15) is 0 Å². The number of fused-ring (bicyclic) bond motifs is 5. The van der Waals surface area contributed by atoms with Crippen LogP contribution in [0, 0.1) is 46.3 Å². The van der Waals surface area contributed by atoms with E-state index < -0.39 is 0 Å². The van der Waals surface area contributed by atoms with E-state index in [2.05, 4.69) is 41.2 Å². The van der Waals surface area contributed by atoms with E-state index >= 15 is 0 Å². The van der Waals surface area contributed by atoms with E-state index in [4.69, 9.17) is 0 Å². The van der Waals surface area contributed by atoms with Crippen molar-refractivity contribution in [2.75, 3.05) is 0 Å². The monoisotopic (exact) mass is 396 g/mol. The molecule has 0 bridgehead atoms. The highest BCUT2D eigenvalue weighted by Crippen LogP contribution is 2.68. The third kappa shape index (κ3) is 3.49. The maximum Gasteiger partial charge on any atom is 0.156 e. The minimum absolute atomic E-state index is 0.205. The van der Waals surface area contributed by atoms with Crippen LogP contribution in [0.25, 0.3) is 0 Å². The van der Waals surface area contributed by atoms with Crippen molar-refractivity contribution in [2.45, 2.75) is 98.8 Å². The minimum Gasteiger partial charge on any atom is -0.295 e. The van der Waals surface area contributed by atoms with E-state index in [-0.39, 0.29) is 5.41 Å². The van der Waals surface area contributed by atoms with Crippen LogP contribution in [0.5, 0.6) is 0 Å². The van der Waals surface area contributed by atoms with Crippen LogP contribution < -0.4 is 0 Å². The van der Waals surface area contributed by atoms with Gasteiger partial charge in [-0.1, -0.05) is 66.0 Å². The fourth-order valence-corrected chi connectivity index (χ4v) is 8.59. The highest BCUT2D eigenvalue weighted by molar-refractivity contribution is 5.92. The Morgan fingerprint density at radius 1 is 1.07 bits per heavy atom. The first kappa shape index (κ1) is 21.4. The van der Waals surface area contributed by atoms with Gasteiger partial charge in [-0.25, -0.2) is 0 Å². The van der Waals surface area contributed by atoms with Crippen molar-refractivity contribution in [2.24, 2.45) is 46.3 Å². The van der Waals surface area contributed by atoms with Gasteiger partial charge >= 0.3 is 0 Å². The molecule has 0 amide bonds. The van der Waals surface area contributed by atoms with Crippen LogP contribution in [0.4, 0.5) is 0 Å². The van der Waals surface area contributed by atoms with Gasteiger partial charge in [-0.15, -0.1) is 0 Å². The number of carbonyl (C=O) groups excluding carboxylic acids is 1. The normalized spacial score (nSPS) is 42.9. The summed E-state index contributed by atoms with van der Waals surface area (Å²) in [6.07, 6.45) is 14.8. The molecule has 4 aliphatic carbocycles. The third-order valence-electron chi connectivity index (χ3n) is 10.1. The molecule has 1 heteroatoms. The fraction of sp³-hybridized carbons (Fsp3) is 0.821. The first-order chi connectivity index (χ1) is 13.7. The van der Waals surface area contributed by atoms with Crippen molar-refractivity contribution >= 4 is 5.78 Å². The Bertz CT molecular complexity index is 699. The molecule has 29 heavy (non-hydrogen) atoms. The predicted octanol–water partition coefficient (Wildman–Crippen LogP) is 7.76. The minimum atomic E-state index is 0.205. The zero-order valence-electron chi connectivity index (χ0n) is 19.7. The quantitative estimate of drug-likeness (QED) is 0.464. The number of rotatable bonds is 5. The molecular weight excluding hydrogens is 352 g/mol. The summed E-state index contributed by atoms with van der Waals surface area (Å²) >= 11 is 0. The molecule has 7 atom stereocenters. The molecule has 0 radical (unpaired) electrons. The van der Waals surface area contributed by atoms with Crippen molar-refractivity contribution in [3.05, 3.63) is 23.8 Å². The molecule has 3 saturated carbocycles. The molecule has 3 fully saturated rings. The molecule has 4 rings (SSSR count). The molecule has 0 spiro atoms. The summed E-state index contributed by atoms with van der Waals surface area (Å²) in [6.45, 7) is 16.9. The van der Waals surface area contributed by atoms with Gasteiger partial charge in [0.05, 0.1) is 0 Å². The maximum absolute atomic E-state index is 12.1. The van der Waals surface area contributed by atoms with E-state index in [1.165, 1.54) is 56.1 Å². The van der Waals surface area contributed by atoms with E-state index in [0.717, 1.165) is 54.8 Å². The zero-order chi connectivity index (χ0) is 21.0. The molecule has 0 heterocycles. The largest absolute Gasteiger partial charge is 0.295 e. The summed E-state index contributed by atoms with van der Waals surface area (Å²) in [6, 6.07) is 0. The Labute approximate surface area is 179 Å². The van der Waals surface area contributed by atoms with Crippen LogP contribution in [0.2, 0.25) is 0 Å². The standard InChI is InChI=1S/C28H44O/c1-18(2)8-7-9-19(3)23-10-11-24-22-16-20(4)26-17-21(29)12-14-28(26,6)25(22)13-15-27(23,24)5/h17-19,22-25H,4,7-16H2,1-3,5-6H3/t19-,22+,23-,24+,25+,27-,28-/m1/s1. The number of allylic oxidation sites excluding steroid dienone is 2. The molecule has 0 aromatic heterocycles. The molecule has 4 aliphatic rings. The molecule has 1 nitrogen and oxygen atoms in total. The van der Waals surface area contributed by atoms with E-state index in [9.17, 15) is 4.79 Å². The van der Waals surface area contributed by atoms with Gasteiger partial charge in [-0.2, -0.15) is 0 Å². The molecule has 162 valence electrons. The molecular formula is C28H44O. The van der Waals surface area contributed by atoms with E-state index in [1.54, 1.807) is 0 Å². The van der Waals surface area contributed by atoms with Crippen LogP contribution in [0.3, 0.4) is 0 Å². The van der Waals surface area contributed by atoms with Gasteiger partial charge in [-0.05, 0) is 96.5 Å². The predicted molar refractivity (Wildman–Crippen MR) is 123 cm³/mol. The Balaban J connectivity index is 1.54. The van der Waals surface area contributed by atoms with E-state index in [0.29, 0.717) is 11.2 Å². The SMILES string of the molecule is C=C1C[C@H]2[C@@H]3CC[C@H]([C@H](C)CCCC(C)C)[C@@]3(C)CC[C@@H]2[C@@]2(C)CCC(=O)C=C12. The number of hydrogen-bond donors (Lipinski definition) is 0. The topological polar surface area (TPSA) is 17.1 Å². The lowest BCUT2D eigenvalue weighted by molar-refractivity contribution is -0.117. The average Bonchev–Trinajstić information content (AvgIpc) is 3.00. The van der Waals surface area contributed by atoms with Gasteiger partial charge in [0.2, 0.25) is 0 Å². The van der Waals surface area contributed by atoms with Gasteiger partial charge < -0.3 is 0 Å². The van der Waals surface area contributed by atoms with Crippen molar-refractivity contribution in [1.82, 2.24) is 0 Å². The summed E-state index contributed by atoms with van der Waals surface area (Å²) in [5, 5.41) is 0. The zero-order valence-corrected chi connectivity index (χ0v) is 19.7. The van der Waals surface area contributed by atoms with Crippen molar-refractivity contribution in [1.29, 1.82) is 0 Å². The number of ketones is 1.